The van der Waals surface area contributed by atoms with Gasteiger partial charge in [0.05, 0.1) is 5.75 Å². The maximum Gasteiger partial charge on any atom is 0.230 e. The van der Waals surface area contributed by atoms with Crippen LogP contribution in [0.15, 0.2) is 24.3 Å². The number of hydrogen-bond donors (Lipinski definition) is 1. The molecule has 5 heteroatoms. The zero-order valence-corrected chi connectivity index (χ0v) is 14.1. The standard InChI is InChI=1S/C17H24N2O2S/c1-13-3-5-15(6-4-13)11-22-12-17(21)18-16-7-9-19(10-8-16)14(2)20/h3-6,16H,7-12H2,1-2H3,(H,18,21). The highest BCUT2D eigenvalue weighted by molar-refractivity contribution is 7.99. The third-order valence-corrected chi connectivity index (χ3v) is 4.93. The molecule has 1 aliphatic heterocycles. The van der Waals surface area contributed by atoms with Gasteiger partial charge in [-0.3, -0.25) is 9.59 Å². The summed E-state index contributed by atoms with van der Waals surface area (Å²) in [7, 11) is 0. The van der Waals surface area contributed by atoms with Crippen LogP contribution >= 0.6 is 11.8 Å². The van der Waals surface area contributed by atoms with Gasteiger partial charge in [-0.1, -0.05) is 29.8 Å². The van der Waals surface area contributed by atoms with Crippen LogP contribution in [0, 0.1) is 6.92 Å². The van der Waals surface area contributed by atoms with E-state index < -0.39 is 0 Å². The van der Waals surface area contributed by atoms with Crippen molar-refractivity contribution in [2.45, 2.75) is 38.5 Å². The van der Waals surface area contributed by atoms with Gasteiger partial charge in [-0.05, 0) is 25.3 Å². The molecule has 0 unspecified atom stereocenters. The Balaban J connectivity index is 1.64. The molecular weight excluding hydrogens is 296 g/mol. The van der Waals surface area contributed by atoms with E-state index >= 15 is 0 Å². The summed E-state index contributed by atoms with van der Waals surface area (Å²) in [6.07, 6.45) is 1.71. The lowest BCUT2D eigenvalue weighted by Gasteiger charge is -2.31. The molecule has 120 valence electrons. The highest BCUT2D eigenvalue weighted by Crippen LogP contribution is 2.14. The van der Waals surface area contributed by atoms with Crippen molar-refractivity contribution in [1.82, 2.24) is 10.2 Å². The number of nitrogens with zero attached hydrogens (tertiary/aromatic N) is 1. The number of likely N-dealkylation sites (tertiary alicyclic amines) is 1. The molecule has 2 amide bonds. The van der Waals surface area contributed by atoms with Gasteiger partial charge >= 0.3 is 0 Å². The van der Waals surface area contributed by atoms with E-state index in [1.807, 2.05) is 4.90 Å². The van der Waals surface area contributed by atoms with E-state index in [0.717, 1.165) is 31.7 Å². The fourth-order valence-electron chi connectivity index (χ4n) is 2.55. The van der Waals surface area contributed by atoms with Crippen molar-refractivity contribution >= 4 is 23.6 Å². The number of amides is 2. The molecule has 0 aromatic heterocycles. The second-order valence-electron chi connectivity index (χ2n) is 5.83. The summed E-state index contributed by atoms with van der Waals surface area (Å²) in [4.78, 5) is 25.1. The first kappa shape index (κ1) is 16.9. The van der Waals surface area contributed by atoms with Crippen LogP contribution in [-0.4, -0.2) is 41.6 Å². The summed E-state index contributed by atoms with van der Waals surface area (Å²) in [5.41, 5.74) is 2.50. The molecule has 22 heavy (non-hydrogen) atoms. The van der Waals surface area contributed by atoms with Gasteiger partial charge in [0.25, 0.3) is 0 Å². The van der Waals surface area contributed by atoms with Gasteiger partial charge in [0.15, 0.2) is 0 Å². The number of benzene rings is 1. The topological polar surface area (TPSA) is 49.4 Å². The number of nitrogens with one attached hydrogen (secondary N) is 1. The van der Waals surface area contributed by atoms with Crippen molar-refractivity contribution in [3.63, 3.8) is 0 Å². The molecule has 1 aromatic carbocycles. The fourth-order valence-corrected chi connectivity index (χ4v) is 3.35. The predicted molar refractivity (Wildman–Crippen MR) is 90.8 cm³/mol. The zero-order chi connectivity index (χ0) is 15.9. The lowest BCUT2D eigenvalue weighted by atomic mass is 10.1. The van der Waals surface area contributed by atoms with Crippen LogP contribution in [0.4, 0.5) is 0 Å². The summed E-state index contributed by atoms with van der Waals surface area (Å²) in [6, 6.07) is 8.62. The monoisotopic (exact) mass is 320 g/mol. The highest BCUT2D eigenvalue weighted by atomic mass is 32.2. The van der Waals surface area contributed by atoms with E-state index in [9.17, 15) is 9.59 Å². The van der Waals surface area contributed by atoms with Crippen LogP contribution in [0.2, 0.25) is 0 Å². The number of thioether (sulfide) groups is 1. The van der Waals surface area contributed by atoms with Crippen LogP contribution < -0.4 is 5.32 Å². The number of carbonyl (C=O) groups is 2. The van der Waals surface area contributed by atoms with Gasteiger partial charge < -0.3 is 10.2 Å². The fraction of sp³-hybridized carbons (Fsp3) is 0.529. The Labute approximate surface area is 136 Å². The minimum absolute atomic E-state index is 0.0957. The molecule has 0 bridgehead atoms. The first-order valence-electron chi connectivity index (χ1n) is 7.73. The summed E-state index contributed by atoms with van der Waals surface area (Å²) >= 11 is 1.64. The molecule has 1 fully saturated rings. The Bertz CT molecular complexity index is 508. The van der Waals surface area contributed by atoms with E-state index in [4.69, 9.17) is 0 Å². The number of hydrogen-bond acceptors (Lipinski definition) is 3. The van der Waals surface area contributed by atoms with Gasteiger partial charge in [-0.15, -0.1) is 11.8 Å². The van der Waals surface area contributed by atoms with Gasteiger partial charge in [0.2, 0.25) is 11.8 Å². The van der Waals surface area contributed by atoms with E-state index in [-0.39, 0.29) is 17.9 Å². The van der Waals surface area contributed by atoms with Gasteiger partial charge in [-0.25, -0.2) is 0 Å². The number of aryl methyl sites for hydroxylation is 1. The van der Waals surface area contributed by atoms with Crippen molar-refractivity contribution in [3.8, 4) is 0 Å². The second-order valence-corrected chi connectivity index (χ2v) is 6.81. The van der Waals surface area contributed by atoms with Crippen LogP contribution in [0.25, 0.3) is 0 Å². The minimum atomic E-state index is 0.0957. The summed E-state index contributed by atoms with van der Waals surface area (Å²) < 4.78 is 0. The maximum atomic E-state index is 12.0. The van der Waals surface area contributed by atoms with Crippen molar-refractivity contribution < 1.29 is 9.59 Å². The van der Waals surface area contributed by atoms with Crippen LogP contribution in [-0.2, 0) is 15.3 Å². The van der Waals surface area contributed by atoms with E-state index in [1.165, 1.54) is 11.1 Å². The van der Waals surface area contributed by atoms with E-state index in [2.05, 4.69) is 36.5 Å². The average molecular weight is 320 g/mol. The Kier molecular flexibility index (Phi) is 6.31. The van der Waals surface area contributed by atoms with Crippen LogP contribution in [0.3, 0.4) is 0 Å². The quantitative estimate of drug-likeness (QED) is 0.906. The number of piperidine rings is 1. The molecule has 1 aromatic rings. The third-order valence-electron chi connectivity index (χ3n) is 3.93. The first-order chi connectivity index (χ1) is 10.5. The molecule has 0 radical (unpaired) electrons. The maximum absolute atomic E-state index is 12.0. The molecule has 1 N–H and O–H groups in total. The van der Waals surface area contributed by atoms with Crippen LogP contribution in [0.1, 0.15) is 30.9 Å². The molecule has 0 spiro atoms. The average Bonchev–Trinajstić information content (AvgIpc) is 2.50. The summed E-state index contributed by atoms with van der Waals surface area (Å²) in [5.74, 6) is 1.56. The molecule has 1 saturated heterocycles. The smallest absolute Gasteiger partial charge is 0.230 e. The van der Waals surface area contributed by atoms with Gasteiger partial charge in [0.1, 0.15) is 0 Å². The Morgan fingerprint density at radius 2 is 1.86 bits per heavy atom. The van der Waals surface area contributed by atoms with Crippen molar-refractivity contribution in [2.75, 3.05) is 18.8 Å². The summed E-state index contributed by atoms with van der Waals surface area (Å²) in [5, 5.41) is 3.08. The van der Waals surface area contributed by atoms with E-state index in [1.54, 1.807) is 18.7 Å². The van der Waals surface area contributed by atoms with Gasteiger partial charge in [0, 0.05) is 31.8 Å². The lowest BCUT2D eigenvalue weighted by Crippen LogP contribution is -2.46. The number of carbonyl (C=O) groups excluding carboxylic acids is 2. The number of rotatable bonds is 5. The largest absolute Gasteiger partial charge is 0.353 e. The second kappa shape index (κ2) is 8.22. The predicted octanol–water partition coefficient (Wildman–Crippen LogP) is 2.36. The third kappa shape index (κ3) is 5.37. The highest BCUT2D eigenvalue weighted by Gasteiger charge is 2.21. The van der Waals surface area contributed by atoms with E-state index in [0.29, 0.717) is 5.75 Å². The van der Waals surface area contributed by atoms with Crippen molar-refractivity contribution in [1.29, 1.82) is 0 Å². The lowest BCUT2D eigenvalue weighted by molar-refractivity contribution is -0.130. The minimum Gasteiger partial charge on any atom is -0.353 e. The molecule has 1 heterocycles. The SMILES string of the molecule is CC(=O)N1CCC(NC(=O)CSCc2ccc(C)cc2)CC1. The normalized spacial score (nSPS) is 15.6. The first-order valence-corrected chi connectivity index (χ1v) is 8.88. The Hall–Kier alpha value is -1.49. The van der Waals surface area contributed by atoms with Crippen molar-refractivity contribution in [3.05, 3.63) is 35.4 Å². The Morgan fingerprint density at radius 3 is 2.45 bits per heavy atom. The molecule has 0 atom stereocenters. The molecule has 1 aliphatic rings. The zero-order valence-electron chi connectivity index (χ0n) is 13.3. The van der Waals surface area contributed by atoms with Crippen molar-refractivity contribution in [2.24, 2.45) is 0 Å². The Morgan fingerprint density at radius 1 is 1.23 bits per heavy atom. The molecule has 4 nitrogen and oxygen atoms in total. The molecular formula is C17H24N2O2S. The van der Waals surface area contributed by atoms with Gasteiger partial charge in [-0.2, -0.15) is 0 Å². The molecule has 2 rings (SSSR count). The molecule has 0 saturated carbocycles. The molecule has 0 aliphatic carbocycles. The summed E-state index contributed by atoms with van der Waals surface area (Å²) in [6.45, 7) is 5.16. The van der Waals surface area contributed by atoms with Crippen LogP contribution in [0.5, 0.6) is 0 Å².